The van der Waals surface area contributed by atoms with E-state index in [2.05, 4.69) is 0 Å². The van der Waals surface area contributed by atoms with Crippen molar-refractivity contribution in [2.24, 2.45) is 10.8 Å². The van der Waals surface area contributed by atoms with Crippen LogP contribution in [-0.4, -0.2) is 41.1 Å². The minimum Gasteiger partial charge on any atom is -0.381 e. The van der Waals surface area contributed by atoms with E-state index in [0.717, 1.165) is 25.7 Å². The van der Waals surface area contributed by atoms with Crippen LogP contribution >= 0.6 is 12.2 Å². The van der Waals surface area contributed by atoms with Crippen molar-refractivity contribution in [3.05, 3.63) is 11.8 Å². The molecule has 2 fully saturated rings. The van der Waals surface area contributed by atoms with Gasteiger partial charge >= 0.3 is 0 Å². The Morgan fingerprint density at radius 3 is 1.79 bits per heavy atom. The van der Waals surface area contributed by atoms with Crippen LogP contribution in [0.5, 0.6) is 0 Å². The van der Waals surface area contributed by atoms with E-state index < -0.39 is 0 Å². The molecule has 2 aliphatic rings. The summed E-state index contributed by atoms with van der Waals surface area (Å²) in [6, 6.07) is 0. The minimum absolute atomic E-state index is 0.0392. The van der Waals surface area contributed by atoms with Crippen molar-refractivity contribution in [3.8, 4) is 0 Å². The number of carbonyl (C=O) groups excluding carboxylic acids is 2. The molecule has 2 rings (SSSR count). The summed E-state index contributed by atoms with van der Waals surface area (Å²) in [5, 5.41) is 2.68. The van der Waals surface area contributed by atoms with Crippen LogP contribution in [-0.2, 0) is 19.3 Å². The van der Waals surface area contributed by atoms with Gasteiger partial charge in [0.15, 0.2) is 0 Å². The first-order valence-corrected chi connectivity index (χ1v) is 8.62. The monoisotopic (exact) mass is 354 g/mol. The standard InChI is InChI=1S/C17H26N2O4S/c1-6-12(22-18(4)14(20)16(2)7-8-16)11-13(24)23-19(5)15(21)17(3)9-10-17/h6H,7-11H2,1-5H3/b12-6+. The predicted octanol–water partition coefficient (Wildman–Crippen LogP) is 2.99. The molecule has 0 unspecified atom stereocenters. The lowest BCUT2D eigenvalue weighted by Gasteiger charge is -2.24. The number of nitrogens with zero attached hydrogens (tertiary/aromatic N) is 2. The third kappa shape index (κ3) is 4.26. The Balaban J connectivity index is 1.82. The van der Waals surface area contributed by atoms with E-state index in [4.69, 9.17) is 21.9 Å². The summed E-state index contributed by atoms with van der Waals surface area (Å²) in [5.74, 6) is 0.406. The lowest BCUT2D eigenvalue weighted by atomic mass is 10.1. The van der Waals surface area contributed by atoms with Gasteiger partial charge in [0.25, 0.3) is 11.8 Å². The second-order valence-corrected chi connectivity index (χ2v) is 7.67. The van der Waals surface area contributed by atoms with Gasteiger partial charge in [-0.3, -0.25) is 9.59 Å². The Hall–Kier alpha value is -1.63. The Morgan fingerprint density at radius 1 is 1.00 bits per heavy atom. The van der Waals surface area contributed by atoms with Gasteiger partial charge in [0.1, 0.15) is 5.76 Å². The molecule has 0 aromatic heterocycles. The van der Waals surface area contributed by atoms with Crippen LogP contribution in [0.1, 0.15) is 52.9 Å². The third-order valence-corrected chi connectivity index (χ3v) is 4.96. The maximum Gasteiger partial charge on any atom is 0.260 e. The fourth-order valence-electron chi connectivity index (χ4n) is 2.34. The van der Waals surface area contributed by atoms with Crippen LogP contribution in [0.3, 0.4) is 0 Å². The summed E-state index contributed by atoms with van der Waals surface area (Å²) in [7, 11) is 3.17. The molecule has 0 N–H and O–H groups in total. The van der Waals surface area contributed by atoms with Crippen molar-refractivity contribution < 1.29 is 19.3 Å². The normalized spacial score (nSPS) is 20.0. The van der Waals surface area contributed by atoms with E-state index in [9.17, 15) is 9.59 Å². The maximum atomic E-state index is 12.2. The van der Waals surface area contributed by atoms with Crippen LogP contribution < -0.4 is 0 Å². The molecule has 0 bridgehead atoms. The van der Waals surface area contributed by atoms with Crippen molar-refractivity contribution >= 4 is 29.1 Å². The van der Waals surface area contributed by atoms with Crippen LogP contribution in [0.25, 0.3) is 0 Å². The second-order valence-electron chi connectivity index (χ2n) is 7.21. The van der Waals surface area contributed by atoms with Gasteiger partial charge in [-0.25, -0.2) is 0 Å². The Bertz CT molecular complexity index is 579. The number of amides is 2. The zero-order valence-electron chi connectivity index (χ0n) is 15.0. The van der Waals surface area contributed by atoms with E-state index >= 15 is 0 Å². The molecule has 0 aliphatic heterocycles. The highest BCUT2D eigenvalue weighted by Gasteiger charge is 2.48. The van der Waals surface area contributed by atoms with E-state index in [1.54, 1.807) is 27.1 Å². The average Bonchev–Trinajstić information content (AvgIpc) is 3.44. The number of hydrogen-bond acceptors (Lipinski definition) is 5. The number of hydrogen-bond donors (Lipinski definition) is 0. The largest absolute Gasteiger partial charge is 0.381 e. The van der Waals surface area contributed by atoms with Crippen molar-refractivity contribution in [2.75, 3.05) is 14.1 Å². The van der Waals surface area contributed by atoms with Gasteiger partial charge in [0, 0.05) is 24.9 Å². The molecule has 0 radical (unpaired) electrons. The molecule has 134 valence electrons. The highest BCUT2D eigenvalue weighted by atomic mass is 32.1. The highest BCUT2D eigenvalue weighted by molar-refractivity contribution is 7.80. The van der Waals surface area contributed by atoms with Gasteiger partial charge in [0.2, 0.25) is 5.05 Å². The van der Waals surface area contributed by atoms with Gasteiger partial charge in [-0.15, -0.1) is 0 Å². The molecule has 0 aromatic carbocycles. The Morgan fingerprint density at radius 2 is 1.42 bits per heavy atom. The Kier molecular flexibility index (Phi) is 5.22. The quantitative estimate of drug-likeness (QED) is 0.417. The zero-order chi connectivity index (χ0) is 18.1. The Labute approximate surface area is 148 Å². The van der Waals surface area contributed by atoms with E-state index in [1.807, 2.05) is 13.8 Å². The van der Waals surface area contributed by atoms with E-state index in [1.165, 1.54) is 10.1 Å². The molecule has 0 saturated heterocycles. The van der Waals surface area contributed by atoms with Crippen molar-refractivity contribution in [1.82, 2.24) is 10.1 Å². The van der Waals surface area contributed by atoms with Gasteiger partial charge in [-0.2, -0.15) is 10.1 Å². The van der Waals surface area contributed by atoms with E-state index in [0.29, 0.717) is 5.76 Å². The van der Waals surface area contributed by atoms with Gasteiger partial charge in [-0.1, -0.05) is 13.8 Å². The van der Waals surface area contributed by atoms with E-state index in [-0.39, 0.29) is 34.1 Å². The lowest BCUT2D eigenvalue weighted by molar-refractivity contribution is -0.172. The molecule has 7 heteroatoms. The summed E-state index contributed by atoms with van der Waals surface area (Å²) in [4.78, 5) is 35.4. The number of carbonyl (C=O) groups is 2. The summed E-state index contributed by atoms with van der Waals surface area (Å²) in [5.41, 5.74) is -0.604. The summed E-state index contributed by atoms with van der Waals surface area (Å²) in [6.45, 7) is 5.64. The fraction of sp³-hybridized carbons (Fsp3) is 0.706. The smallest absolute Gasteiger partial charge is 0.260 e. The molecule has 2 aliphatic carbocycles. The van der Waals surface area contributed by atoms with Crippen molar-refractivity contribution in [2.45, 2.75) is 52.9 Å². The van der Waals surface area contributed by atoms with Crippen LogP contribution in [0.15, 0.2) is 11.8 Å². The molecule has 2 saturated carbocycles. The molecule has 0 spiro atoms. The van der Waals surface area contributed by atoms with Crippen molar-refractivity contribution in [1.29, 1.82) is 0 Å². The van der Waals surface area contributed by atoms with Crippen LogP contribution in [0.4, 0.5) is 0 Å². The molecule has 0 atom stereocenters. The van der Waals surface area contributed by atoms with Gasteiger partial charge in [-0.05, 0) is 50.9 Å². The fourth-order valence-corrected chi connectivity index (χ4v) is 2.59. The topological polar surface area (TPSA) is 59.1 Å². The van der Waals surface area contributed by atoms with Gasteiger partial charge < -0.3 is 9.68 Å². The maximum absolute atomic E-state index is 12.2. The number of hydroxylamine groups is 4. The first kappa shape index (κ1) is 18.7. The molecule has 0 aromatic rings. The van der Waals surface area contributed by atoms with Crippen molar-refractivity contribution in [3.63, 3.8) is 0 Å². The number of thiocarbonyl (C=S) groups is 1. The average molecular weight is 354 g/mol. The second kappa shape index (κ2) is 6.70. The number of allylic oxidation sites excluding steroid dienone is 1. The predicted molar refractivity (Wildman–Crippen MR) is 93.4 cm³/mol. The molecule has 2 amide bonds. The lowest BCUT2D eigenvalue weighted by Crippen LogP contribution is -2.35. The first-order valence-electron chi connectivity index (χ1n) is 8.21. The summed E-state index contributed by atoms with van der Waals surface area (Å²) < 4.78 is 0. The highest BCUT2D eigenvalue weighted by Crippen LogP contribution is 2.47. The molecule has 0 heterocycles. The zero-order valence-corrected chi connectivity index (χ0v) is 15.9. The summed E-state index contributed by atoms with van der Waals surface area (Å²) in [6.07, 6.45) is 5.48. The SMILES string of the molecule is C/C=C(\CC(=S)ON(C)C(=O)C1(C)CC1)ON(C)C(=O)C1(C)CC1. The molecular formula is C17H26N2O4S. The van der Waals surface area contributed by atoms with Gasteiger partial charge in [0.05, 0.1) is 6.42 Å². The molecule has 6 nitrogen and oxygen atoms in total. The van der Waals surface area contributed by atoms with Crippen LogP contribution in [0.2, 0.25) is 0 Å². The minimum atomic E-state index is -0.309. The number of rotatable bonds is 6. The van der Waals surface area contributed by atoms with Crippen LogP contribution in [0, 0.1) is 10.8 Å². The molecule has 24 heavy (non-hydrogen) atoms. The summed E-state index contributed by atoms with van der Waals surface area (Å²) >= 11 is 5.20. The molecular weight excluding hydrogens is 328 g/mol. The third-order valence-electron chi connectivity index (χ3n) is 4.74. The first-order chi connectivity index (χ1) is 11.1.